The van der Waals surface area contributed by atoms with E-state index in [0.717, 1.165) is 5.56 Å². The van der Waals surface area contributed by atoms with Crippen molar-refractivity contribution >= 4 is 38.9 Å². The molecule has 0 spiro atoms. The first kappa shape index (κ1) is 16.8. The zero-order valence-electron chi connectivity index (χ0n) is 11.4. The van der Waals surface area contributed by atoms with Crippen LogP contribution in [-0.4, -0.2) is 20.2 Å². The number of carbonyl (C=O) groups excluding carboxylic acids is 1. The second-order valence-electron chi connectivity index (χ2n) is 4.52. The minimum atomic E-state index is -3.61. The standard InChI is InChI=1S/C15H13Cl2NO3S/c16-9-15(19)18-10-11-4-6-13(7-5-11)22(20,21)14-3-1-2-12(17)8-14/h1-8H,9-10H2,(H,18,19). The van der Waals surface area contributed by atoms with Gasteiger partial charge in [-0.2, -0.15) is 0 Å². The Kier molecular flexibility index (Phi) is 5.45. The van der Waals surface area contributed by atoms with Gasteiger partial charge in [-0.15, -0.1) is 11.6 Å². The Bertz CT molecular complexity index is 774. The number of amides is 1. The second-order valence-corrected chi connectivity index (χ2v) is 7.17. The van der Waals surface area contributed by atoms with Crippen LogP contribution >= 0.6 is 23.2 Å². The van der Waals surface area contributed by atoms with Crippen molar-refractivity contribution < 1.29 is 13.2 Å². The van der Waals surface area contributed by atoms with Gasteiger partial charge in [0, 0.05) is 11.6 Å². The molecule has 22 heavy (non-hydrogen) atoms. The number of nitrogens with one attached hydrogen (secondary N) is 1. The van der Waals surface area contributed by atoms with Crippen molar-refractivity contribution in [3.05, 3.63) is 59.1 Å². The number of rotatable bonds is 5. The molecule has 0 aromatic heterocycles. The summed E-state index contributed by atoms with van der Waals surface area (Å²) in [5.41, 5.74) is 0.781. The van der Waals surface area contributed by atoms with Crippen molar-refractivity contribution in [3.8, 4) is 0 Å². The fourth-order valence-corrected chi connectivity index (χ4v) is 3.46. The maximum Gasteiger partial charge on any atom is 0.235 e. The van der Waals surface area contributed by atoms with Crippen LogP contribution in [0, 0.1) is 0 Å². The highest BCUT2D eigenvalue weighted by atomic mass is 35.5. The van der Waals surface area contributed by atoms with E-state index in [2.05, 4.69) is 5.32 Å². The Morgan fingerprint density at radius 3 is 2.32 bits per heavy atom. The number of carbonyl (C=O) groups is 1. The maximum absolute atomic E-state index is 12.5. The minimum Gasteiger partial charge on any atom is -0.351 e. The molecule has 2 rings (SSSR count). The Morgan fingerprint density at radius 2 is 1.73 bits per heavy atom. The maximum atomic E-state index is 12.5. The number of hydrogen-bond acceptors (Lipinski definition) is 3. The molecular weight excluding hydrogens is 345 g/mol. The van der Waals surface area contributed by atoms with E-state index < -0.39 is 9.84 Å². The quantitative estimate of drug-likeness (QED) is 0.836. The number of alkyl halides is 1. The van der Waals surface area contributed by atoms with Gasteiger partial charge in [-0.1, -0.05) is 29.8 Å². The molecule has 0 radical (unpaired) electrons. The van der Waals surface area contributed by atoms with E-state index in [0.29, 0.717) is 11.6 Å². The van der Waals surface area contributed by atoms with Gasteiger partial charge in [-0.3, -0.25) is 4.79 Å². The van der Waals surface area contributed by atoms with Crippen LogP contribution in [0.25, 0.3) is 0 Å². The van der Waals surface area contributed by atoms with E-state index in [-0.39, 0.29) is 21.6 Å². The summed E-state index contributed by atoms with van der Waals surface area (Å²) >= 11 is 11.2. The van der Waals surface area contributed by atoms with E-state index in [9.17, 15) is 13.2 Å². The molecule has 0 bridgehead atoms. The van der Waals surface area contributed by atoms with Crippen molar-refractivity contribution in [3.63, 3.8) is 0 Å². The van der Waals surface area contributed by atoms with E-state index in [4.69, 9.17) is 23.2 Å². The number of hydrogen-bond donors (Lipinski definition) is 1. The molecule has 4 nitrogen and oxygen atoms in total. The molecule has 2 aromatic carbocycles. The summed E-state index contributed by atoms with van der Waals surface area (Å²) < 4.78 is 24.9. The van der Waals surface area contributed by atoms with Crippen LogP contribution in [-0.2, 0) is 21.2 Å². The molecule has 1 amide bonds. The predicted molar refractivity (Wildman–Crippen MR) is 85.9 cm³/mol. The zero-order valence-corrected chi connectivity index (χ0v) is 13.8. The molecule has 0 fully saturated rings. The highest BCUT2D eigenvalue weighted by Crippen LogP contribution is 2.23. The molecule has 7 heteroatoms. The third-order valence-electron chi connectivity index (χ3n) is 2.95. The molecule has 0 saturated carbocycles. The molecule has 0 aliphatic heterocycles. The summed E-state index contributed by atoms with van der Waals surface area (Å²) in [5.74, 6) is -0.390. The monoisotopic (exact) mass is 357 g/mol. The van der Waals surface area contributed by atoms with Crippen molar-refractivity contribution in [2.75, 3.05) is 5.88 Å². The molecule has 116 valence electrons. The van der Waals surface area contributed by atoms with Crippen LogP contribution in [0.5, 0.6) is 0 Å². The van der Waals surface area contributed by atoms with Gasteiger partial charge >= 0.3 is 0 Å². The van der Waals surface area contributed by atoms with E-state index in [1.54, 1.807) is 24.3 Å². The van der Waals surface area contributed by atoms with Crippen LogP contribution in [0.1, 0.15) is 5.56 Å². The van der Waals surface area contributed by atoms with Crippen molar-refractivity contribution in [1.82, 2.24) is 5.32 Å². The summed E-state index contributed by atoms with van der Waals surface area (Å²) in [6.45, 7) is 0.295. The Hall–Kier alpha value is -1.56. The summed E-state index contributed by atoms with van der Waals surface area (Å²) in [5, 5.41) is 2.97. The fraction of sp³-hybridized carbons (Fsp3) is 0.133. The summed E-state index contributed by atoms with van der Waals surface area (Å²) in [7, 11) is -3.61. The van der Waals surface area contributed by atoms with E-state index in [1.807, 2.05) is 0 Å². The van der Waals surface area contributed by atoms with E-state index >= 15 is 0 Å². The summed E-state index contributed by atoms with van der Waals surface area (Å²) in [6.07, 6.45) is 0. The highest BCUT2D eigenvalue weighted by molar-refractivity contribution is 7.91. The van der Waals surface area contributed by atoms with Gasteiger partial charge in [0.2, 0.25) is 15.7 Å². The SMILES string of the molecule is O=C(CCl)NCc1ccc(S(=O)(=O)c2cccc(Cl)c2)cc1. The number of sulfone groups is 1. The van der Waals surface area contributed by atoms with Crippen LogP contribution < -0.4 is 5.32 Å². The smallest absolute Gasteiger partial charge is 0.235 e. The lowest BCUT2D eigenvalue weighted by molar-refractivity contribution is -0.118. The molecule has 0 aliphatic carbocycles. The Labute approximate surface area is 139 Å². The third kappa shape index (κ3) is 4.00. The normalized spacial score (nSPS) is 11.2. The van der Waals surface area contributed by atoms with Gasteiger partial charge < -0.3 is 5.32 Å². The van der Waals surface area contributed by atoms with Gasteiger partial charge in [-0.05, 0) is 35.9 Å². The first-order valence-electron chi connectivity index (χ1n) is 6.36. The zero-order chi connectivity index (χ0) is 16.2. The summed E-state index contributed by atoms with van der Waals surface area (Å²) in [4.78, 5) is 11.4. The molecule has 0 saturated heterocycles. The third-order valence-corrected chi connectivity index (χ3v) is 5.20. The molecule has 2 aromatic rings. The summed E-state index contributed by atoms with van der Waals surface area (Å²) in [6, 6.07) is 12.4. The van der Waals surface area contributed by atoms with Gasteiger partial charge in [-0.25, -0.2) is 8.42 Å². The van der Waals surface area contributed by atoms with Gasteiger partial charge in [0.1, 0.15) is 5.88 Å². The molecule has 1 N–H and O–H groups in total. The highest BCUT2D eigenvalue weighted by Gasteiger charge is 2.17. The topological polar surface area (TPSA) is 63.2 Å². The Morgan fingerprint density at radius 1 is 1.05 bits per heavy atom. The largest absolute Gasteiger partial charge is 0.351 e. The van der Waals surface area contributed by atoms with Crippen LogP contribution in [0.15, 0.2) is 58.3 Å². The number of halogens is 2. The minimum absolute atomic E-state index is 0.110. The molecule has 0 aliphatic rings. The predicted octanol–water partition coefficient (Wildman–Crippen LogP) is 3.03. The first-order chi connectivity index (χ1) is 10.4. The fourth-order valence-electron chi connectivity index (χ4n) is 1.80. The molecular formula is C15H13Cl2NO3S. The van der Waals surface area contributed by atoms with Crippen LogP contribution in [0.3, 0.4) is 0 Å². The second kappa shape index (κ2) is 7.13. The Balaban J connectivity index is 2.21. The lowest BCUT2D eigenvalue weighted by atomic mass is 10.2. The van der Waals surface area contributed by atoms with Crippen molar-refractivity contribution in [2.45, 2.75) is 16.3 Å². The van der Waals surface area contributed by atoms with Gasteiger partial charge in [0.25, 0.3) is 0 Å². The van der Waals surface area contributed by atoms with Gasteiger partial charge in [0.05, 0.1) is 9.79 Å². The first-order valence-corrected chi connectivity index (χ1v) is 8.75. The van der Waals surface area contributed by atoms with Crippen LogP contribution in [0.2, 0.25) is 5.02 Å². The molecule has 0 heterocycles. The van der Waals surface area contributed by atoms with E-state index in [1.165, 1.54) is 24.3 Å². The lowest BCUT2D eigenvalue weighted by Crippen LogP contribution is -2.23. The molecule has 0 atom stereocenters. The van der Waals surface area contributed by atoms with Crippen molar-refractivity contribution in [2.24, 2.45) is 0 Å². The number of benzene rings is 2. The average molecular weight is 358 g/mol. The lowest BCUT2D eigenvalue weighted by Gasteiger charge is -2.07. The molecule has 0 unspecified atom stereocenters. The van der Waals surface area contributed by atoms with Gasteiger partial charge in [0.15, 0.2) is 0 Å². The van der Waals surface area contributed by atoms with Crippen LogP contribution in [0.4, 0.5) is 0 Å². The van der Waals surface area contributed by atoms with Crippen molar-refractivity contribution in [1.29, 1.82) is 0 Å². The average Bonchev–Trinajstić information content (AvgIpc) is 2.53.